The fourth-order valence-electron chi connectivity index (χ4n) is 1.89. The lowest BCUT2D eigenvalue weighted by Gasteiger charge is -2.14. The summed E-state index contributed by atoms with van der Waals surface area (Å²) < 4.78 is 0. The molecule has 0 aromatic carbocycles. The number of nitrogens with one attached hydrogen (secondary N) is 1. The predicted octanol–water partition coefficient (Wildman–Crippen LogP) is 3.36. The molecular formula is C13H18N2S2. The van der Waals surface area contributed by atoms with Gasteiger partial charge in [0.1, 0.15) is 0 Å². The Morgan fingerprint density at radius 2 is 2.29 bits per heavy atom. The first-order chi connectivity index (χ1) is 8.38. The van der Waals surface area contributed by atoms with Crippen molar-refractivity contribution in [3.8, 4) is 0 Å². The molecule has 1 atom stereocenters. The molecule has 2 rings (SSSR count). The minimum absolute atomic E-state index is 0.557. The number of hydrogen-bond acceptors (Lipinski definition) is 4. The predicted molar refractivity (Wildman–Crippen MR) is 75.9 cm³/mol. The third-order valence-electron chi connectivity index (χ3n) is 2.87. The van der Waals surface area contributed by atoms with E-state index in [1.54, 1.807) is 11.3 Å². The molecular weight excluding hydrogens is 248 g/mol. The molecule has 17 heavy (non-hydrogen) atoms. The van der Waals surface area contributed by atoms with Gasteiger partial charge < -0.3 is 5.32 Å². The Balaban J connectivity index is 1.72. The summed E-state index contributed by atoms with van der Waals surface area (Å²) in [6.07, 6.45) is 6.61. The zero-order valence-corrected chi connectivity index (χ0v) is 11.7. The van der Waals surface area contributed by atoms with Gasteiger partial charge in [0.2, 0.25) is 0 Å². The summed E-state index contributed by atoms with van der Waals surface area (Å²) in [5.74, 6) is 0. The van der Waals surface area contributed by atoms with Crippen LogP contribution >= 0.6 is 22.7 Å². The standard InChI is InChI=1S/C13H18N2S2/c1-14-11(10-13-15-7-9-17-13)4-2-5-12-6-3-8-16-12/h3,6-9,11,14H,2,4-5,10H2,1H3. The number of thiazole rings is 1. The Labute approximate surface area is 111 Å². The number of aryl methyl sites for hydroxylation is 1. The Kier molecular flexibility index (Phi) is 5.16. The van der Waals surface area contributed by atoms with Gasteiger partial charge in [0.15, 0.2) is 0 Å². The molecule has 1 unspecified atom stereocenters. The summed E-state index contributed by atoms with van der Waals surface area (Å²) in [5.41, 5.74) is 0. The van der Waals surface area contributed by atoms with Gasteiger partial charge in [-0.05, 0) is 37.8 Å². The molecule has 0 amide bonds. The third-order valence-corrected chi connectivity index (χ3v) is 4.61. The van der Waals surface area contributed by atoms with E-state index in [1.165, 1.54) is 29.1 Å². The molecule has 0 fully saturated rings. The third kappa shape index (κ3) is 4.22. The number of aromatic nitrogens is 1. The molecule has 0 saturated heterocycles. The number of nitrogens with zero attached hydrogens (tertiary/aromatic N) is 1. The molecule has 2 nitrogen and oxygen atoms in total. The van der Waals surface area contributed by atoms with E-state index in [-0.39, 0.29) is 0 Å². The SMILES string of the molecule is CNC(CCCc1cccs1)Cc1nccs1. The topological polar surface area (TPSA) is 24.9 Å². The zero-order valence-electron chi connectivity index (χ0n) is 10.1. The molecule has 0 saturated carbocycles. The maximum absolute atomic E-state index is 4.34. The van der Waals surface area contributed by atoms with Crippen LogP contribution in [-0.2, 0) is 12.8 Å². The van der Waals surface area contributed by atoms with Gasteiger partial charge in [0, 0.05) is 28.9 Å². The number of rotatable bonds is 7. The first-order valence-electron chi connectivity index (χ1n) is 5.96. The second kappa shape index (κ2) is 6.89. The van der Waals surface area contributed by atoms with Crippen LogP contribution in [0, 0.1) is 0 Å². The van der Waals surface area contributed by atoms with E-state index in [4.69, 9.17) is 0 Å². The molecule has 2 heterocycles. The van der Waals surface area contributed by atoms with E-state index in [9.17, 15) is 0 Å². The van der Waals surface area contributed by atoms with E-state index >= 15 is 0 Å². The summed E-state index contributed by atoms with van der Waals surface area (Å²) in [6, 6.07) is 4.91. The average Bonchev–Trinajstić information content (AvgIpc) is 3.00. The largest absolute Gasteiger partial charge is 0.317 e. The molecule has 92 valence electrons. The molecule has 0 aliphatic heterocycles. The second-order valence-electron chi connectivity index (χ2n) is 4.09. The summed E-state index contributed by atoms with van der Waals surface area (Å²) in [4.78, 5) is 5.84. The molecule has 2 aromatic heterocycles. The van der Waals surface area contributed by atoms with Crippen LogP contribution in [-0.4, -0.2) is 18.1 Å². The van der Waals surface area contributed by atoms with E-state index in [1.807, 2.05) is 30.0 Å². The lowest BCUT2D eigenvalue weighted by Crippen LogP contribution is -2.27. The Morgan fingerprint density at radius 1 is 1.35 bits per heavy atom. The van der Waals surface area contributed by atoms with Crippen molar-refractivity contribution < 1.29 is 0 Å². The number of likely N-dealkylation sites (N-methyl/N-ethyl adjacent to an activating group) is 1. The van der Waals surface area contributed by atoms with Crippen molar-refractivity contribution in [3.05, 3.63) is 39.0 Å². The molecule has 0 aliphatic carbocycles. The number of hydrogen-bond donors (Lipinski definition) is 1. The van der Waals surface area contributed by atoms with E-state index in [0.717, 1.165) is 6.42 Å². The van der Waals surface area contributed by atoms with Crippen molar-refractivity contribution >= 4 is 22.7 Å². The molecule has 1 N–H and O–H groups in total. The highest BCUT2D eigenvalue weighted by Gasteiger charge is 2.08. The van der Waals surface area contributed by atoms with Crippen LogP contribution < -0.4 is 5.32 Å². The molecule has 0 spiro atoms. The Morgan fingerprint density at radius 3 is 2.94 bits per heavy atom. The van der Waals surface area contributed by atoms with Crippen molar-refractivity contribution in [2.45, 2.75) is 31.7 Å². The molecule has 0 aliphatic rings. The highest BCUT2D eigenvalue weighted by atomic mass is 32.1. The maximum atomic E-state index is 4.34. The van der Waals surface area contributed by atoms with Crippen LogP contribution in [0.15, 0.2) is 29.1 Å². The van der Waals surface area contributed by atoms with Crippen molar-refractivity contribution in [2.75, 3.05) is 7.05 Å². The van der Waals surface area contributed by atoms with Gasteiger partial charge in [-0.15, -0.1) is 22.7 Å². The highest BCUT2D eigenvalue weighted by molar-refractivity contribution is 7.10. The van der Waals surface area contributed by atoms with Gasteiger partial charge in [-0.2, -0.15) is 0 Å². The Hall–Kier alpha value is -0.710. The molecule has 0 bridgehead atoms. The van der Waals surface area contributed by atoms with E-state index < -0.39 is 0 Å². The summed E-state index contributed by atoms with van der Waals surface area (Å²) in [7, 11) is 2.05. The van der Waals surface area contributed by atoms with Gasteiger partial charge in [-0.25, -0.2) is 4.98 Å². The summed E-state index contributed by atoms with van der Waals surface area (Å²) >= 11 is 3.61. The van der Waals surface area contributed by atoms with Crippen molar-refractivity contribution in [2.24, 2.45) is 0 Å². The summed E-state index contributed by atoms with van der Waals surface area (Å²) in [5, 5.41) is 8.83. The normalized spacial score (nSPS) is 12.8. The minimum atomic E-state index is 0.557. The van der Waals surface area contributed by atoms with Crippen LogP contribution in [0.3, 0.4) is 0 Å². The van der Waals surface area contributed by atoms with Gasteiger partial charge in [0.25, 0.3) is 0 Å². The molecule has 2 aromatic rings. The lowest BCUT2D eigenvalue weighted by molar-refractivity contribution is 0.502. The van der Waals surface area contributed by atoms with Gasteiger partial charge in [-0.3, -0.25) is 0 Å². The van der Waals surface area contributed by atoms with Gasteiger partial charge in [-0.1, -0.05) is 6.07 Å². The van der Waals surface area contributed by atoms with E-state index in [2.05, 4.69) is 27.8 Å². The van der Waals surface area contributed by atoms with E-state index in [0.29, 0.717) is 6.04 Å². The van der Waals surface area contributed by atoms with Crippen LogP contribution in [0.1, 0.15) is 22.7 Å². The molecule has 0 radical (unpaired) electrons. The van der Waals surface area contributed by atoms with Crippen molar-refractivity contribution in [1.29, 1.82) is 0 Å². The smallest absolute Gasteiger partial charge is 0.0940 e. The highest BCUT2D eigenvalue weighted by Crippen LogP contribution is 2.15. The van der Waals surface area contributed by atoms with Crippen LogP contribution in [0.25, 0.3) is 0 Å². The lowest BCUT2D eigenvalue weighted by atomic mass is 10.1. The van der Waals surface area contributed by atoms with Crippen LogP contribution in [0.4, 0.5) is 0 Å². The second-order valence-corrected chi connectivity index (χ2v) is 6.10. The monoisotopic (exact) mass is 266 g/mol. The van der Waals surface area contributed by atoms with Crippen molar-refractivity contribution in [1.82, 2.24) is 10.3 Å². The maximum Gasteiger partial charge on any atom is 0.0940 e. The molecule has 4 heteroatoms. The first kappa shape index (κ1) is 12.7. The summed E-state index contributed by atoms with van der Waals surface area (Å²) in [6.45, 7) is 0. The van der Waals surface area contributed by atoms with Gasteiger partial charge in [0.05, 0.1) is 5.01 Å². The zero-order chi connectivity index (χ0) is 11.9. The first-order valence-corrected chi connectivity index (χ1v) is 7.72. The van der Waals surface area contributed by atoms with Crippen LogP contribution in [0.5, 0.6) is 0 Å². The fraction of sp³-hybridized carbons (Fsp3) is 0.462. The average molecular weight is 266 g/mol. The minimum Gasteiger partial charge on any atom is -0.317 e. The number of thiophene rings is 1. The van der Waals surface area contributed by atoms with Crippen molar-refractivity contribution in [3.63, 3.8) is 0 Å². The Bertz CT molecular complexity index is 395. The van der Waals surface area contributed by atoms with Crippen LogP contribution in [0.2, 0.25) is 0 Å². The van der Waals surface area contributed by atoms with Gasteiger partial charge >= 0.3 is 0 Å². The fourth-order valence-corrected chi connectivity index (χ4v) is 3.34. The quantitative estimate of drug-likeness (QED) is 0.831.